The van der Waals surface area contributed by atoms with Crippen LogP contribution in [0.15, 0.2) is 0 Å². The molecule has 2 rings (SSSR count). The third-order valence-electron chi connectivity index (χ3n) is 2.61. The van der Waals surface area contributed by atoms with E-state index in [-0.39, 0.29) is 12.0 Å². The van der Waals surface area contributed by atoms with Gasteiger partial charge >= 0.3 is 5.97 Å². The minimum atomic E-state index is -3.29. The number of carbonyl (C=O) groups is 1. The van der Waals surface area contributed by atoms with Gasteiger partial charge in [0.2, 0.25) is 0 Å². The van der Waals surface area contributed by atoms with Crippen molar-refractivity contribution in [3.63, 3.8) is 0 Å². The van der Waals surface area contributed by atoms with E-state index >= 15 is 0 Å². The van der Waals surface area contributed by atoms with Crippen molar-refractivity contribution in [1.29, 1.82) is 0 Å². The van der Waals surface area contributed by atoms with E-state index in [1.165, 1.54) is 0 Å². The van der Waals surface area contributed by atoms with Crippen LogP contribution >= 0.6 is 0 Å². The van der Waals surface area contributed by atoms with Crippen molar-refractivity contribution in [3.8, 4) is 0 Å². The fraction of sp³-hybridized carbons (Fsp3) is 0.636. The summed E-state index contributed by atoms with van der Waals surface area (Å²) >= 11 is 0. The quantitative estimate of drug-likeness (QED) is 0.867. The Kier molecular flexibility index (Phi) is 4.54. The Labute approximate surface area is 107 Å². The highest BCUT2D eigenvalue weighted by Crippen LogP contribution is 2.44. The average Bonchev–Trinajstić information content (AvgIpc) is 2.81. The van der Waals surface area contributed by atoms with E-state index in [9.17, 15) is 22.4 Å². The first kappa shape index (κ1) is 15.5. The van der Waals surface area contributed by atoms with Gasteiger partial charge in [0, 0.05) is 12.0 Å². The summed E-state index contributed by atoms with van der Waals surface area (Å²) < 4.78 is 52.4. The molecule has 4 nitrogen and oxygen atoms in total. The minimum Gasteiger partial charge on any atom is -0.480 e. The molecule has 1 aromatic rings. The lowest BCUT2D eigenvalue weighted by molar-refractivity contribution is -0.138. The largest absolute Gasteiger partial charge is 0.480 e. The lowest BCUT2D eigenvalue weighted by atomic mass is 10.2. The van der Waals surface area contributed by atoms with Crippen molar-refractivity contribution in [1.82, 2.24) is 9.78 Å². The molecule has 0 aliphatic heterocycles. The zero-order valence-corrected chi connectivity index (χ0v) is 10.5. The van der Waals surface area contributed by atoms with Crippen LogP contribution in [0.1, 0.15) is 43.6 Å². The Morgan fingerprint density at radius 2 is 2.05 bits per heavy atom. The van der Waals surface area contributed by atoms with Crippen molar-refractivity contribution in [2.24, 2.45) is 0 Å². The predicted octanol–water partition coefficient (Wildman–Crippen LogP) is 2.97. The van der Waals surface area contributed by atoms with Crippen LogP contribution in [-0.4, -0.2) is 20.9 Å². The van der Waals surface area contributed by atoms with Gasteiger partial charge in [0.25, 0.3) is 12.3 Å². The highest BCUT2D eigenvalue weighted by molar-refractivity contribution is 5.66. The highest BCUT2D eigenvalue weighted by atomic mass is 19.3. The second-order valence-corrected chi connectivity index (χ2v) is 3.77. The molecule has 1 aromatic heterocycles. The summed E-state index contributed by atoms with van der Waals surface area (Å²) in [7, 11) is 0. The molecule has 0 bridgehead atoms. The normalized spacial score (nSPS) is 15.9. The van der Waals surface area contributed by atoms with Crippen molar-refractivity contribution in [2.45, 2.75) is 45.6 Å². The molecule has 1 aliphatic rings. The second-order valence-electron chi connectivity index (χ2n) is 3.77. The van der Waals surface area contributed by atoms with Gasteiger partial charge in [-0.3, -0.25) is 9.48 Å². The van der Waals surface area contributed by atoms with Gasteiger partial charge in [0.1, 0.15) is 17.9 Å². The van der Waals surface area contributed by atoms with Gasteiger partial charge < -0.3 is 5.11 Å². The average molecular weight is 282 g/mol. The van der Waals surface area contributed by atoms with Crippen LogP contribution in [0.3, 0.4) is 0 Å². The molecule has 1 heterocycles. The molecule has 0 saturated heterocycles. The molecule has 0 unspecified atom stereocenters. The summed E-state index contributed by atoms with van der Waals surface area (Å²) in [4.78, 5) is 10.5. The van der Waals surface area contributed by atoms with Crippen LogP contribution in [0.25, 0.3) is 0 Å². The van der Waals surface area contributed by atoms with E-state index in [0.717, 1.165) is 0 Å². The van der Waals surface area contributed by atoms with E-state index in [2.05, 4.69) is 5.10 Å². The van der Waals surface area contributed by atoms with Gasteiger partial charge in [-0.1, -0.05) is 13.8 Å². The molecule has 108 valence electrons. The SMILES string of the molecule is CC.O=C(O)Cn1nc(C(F)F)c2c1C(F)(F)CC2. The smallest absolute Gasteiger partial charge is 0.325 e. The summed E-state index contributed by atoms with van der Waals surface area (Å²) in [6.45, 7) is 3.16. The molecule has 0 aromatic carbocycles. The maximum Gasteiger partial charge on any atom is 0.325 e. The van der Waals surface area contributed by atoms with Gasteiger partial charge in [-0.25, -0.2) is 8.78 Å². The fourth-order valence-electron chi connectivity index (χ4n) is 1.99. The minimum absolute atomic E-state index is 0.207. The first-order valence-electron chi connectivity index (χ1n) is 5.80. The molecule has 0 fully saturated rings. The summed E-state index contributed by atoms with van der Waals surface area (Å²) in [6.07, 6.45) is -3.77. The molecular weight excluding hydrogens is 268 g/mol. The zero-order chi connectivity index (χ0) is 14.8. The van der Waals surface area contributed by atoms with Gasteiger partial charge in [-0.05, 0) is 6.42 Å². The number of fused-ring (bicyclic) bond motifs is 1. The van der Waals surface area contributed by atoms with Crippen LogP contribution in [0.5, 0.6) is 0 Å². The highest BCUT2D eigenvalue weighted by Gasteiger charge is 2.46. The Balaban J connectivity index is 0.000000861. The van der Waals surface area contributed by atoms with Crippen LogP contribution < -0.4 is 0 Å². The lowest BCUT2D eigenvalue weighted by Crippen LogP contribution is -2.20. The Morgan fingerprint density at radius 3 is 2.53 bits per heavy atom. The molecule has 19 heavy (non-hydrogen) atoms. The molecule has 1 aliphatic carbocycles. The second kappa shape index (κ2) is 5.58. The predicted molar refractivity (Wildman–Crippen MR) is 58.4 cm³/mol. The van der Waals surface area contributed by atoms with E-state index < -0.39 is 42.7 Å². The molecule has 1 N–H and O–H groups in total. The molecule has 0 atom stereocenters. The molecular formula is C11H14F4N2O2. The fourth-order valence-corrected chi connectivity index (χ4v) is 1.99. The van der Waals surface area contributed by atoms with E-state index in [1.807, 2.05) is 13.8 Å². The van der Waals surface area contributed by atoms with Gasteiger partial charge in [0.05, 0.1) is 0 Å². The van der Waals surface area contributed by atoms with Crippen molar-refractivity contribution in [3.05, 3.63) is 17.0 Å². The molecule has 0 amide bonds. The number of carboxylic acids is 1. The third kappa shape index (κ3) is 2.87. The molecule has 0 radical (unpaired) electrons. The van der Waals surface area contributed by atoms with Crippen LogP contribution in [-0.2, 0) is 23.7 Å². The number of alkyl halides is 4. The number of hydrogen-bond donors (Lipinski definition) is 1. The van der Waals surface area contributed by atoms with E-state index in [4.69, 9.17) is 5.11 Å². The van der Waals surface area contributed by atoms with Crippen LogP contribution in [0.4, 0.5) is 17.6 Å². The number of nitrogens with zero attached hydrogens (tertiary/aromatic N) is 2. The number of rotatable bonds is 3. The number of hydrogen-bond acceptors (Lipinski definition) is 2. The number of carboxylic acid groups (broad SMARTS) is 1. The summed E-state index contributed by atoms with van der Waals surface area (Å²) in [5.41, 5.74) is -1.64. The molecule has 0 saturated carbocycles. The summed E-state index contributed by atoms with van der Waals surface area (Å²) in [6, 6.07) is 0. The zero-order valence-electron chi connectivity index (χ0n) is 10.5. The van der Waals surface area contributed by atoms with Gasteiger partial charge in [-0.2, -0.15) is 13.9 Å². The van der Waals surface area contributed by atoms with E-state index in [1.54, 1.807) is 0 Å². The maximum atomic E-state index is 13.4. The number of aliphatic carboxylic acids is 1. The Bertz CT molecular complexity index is 472. The van der Waals surface area contributed by atoms with Crippen LogP contribution in [0, 0.1) is 0 Å². The third-order valence-corrected chi connectivity index (χ3v) is 2.61. The number of halogens is 4. The summed E-state index contributed by atoms with van der Waals surface area (Å²) in [5, 5.41) is 11.8. The van der Waals surface area contributed by atoms with Gasteiger partial charge in [-0.15, -0.1) is 0 Å². The Hall–Kier alpha value is -1.60. The first-order chi connectivity index (χ1) is 8.83. The van der Waals surface area contributed by atoms with E-state index in [0.29, 0.717) is 4.68 Å². The van der Waals surface area contributed by atoms with Crippen LogP contribution in [0.2, 0.25) is 0 Å². The van der Waals surface area contributed by atoms with Crippen molar-refractivity contribution in [2.75, 3.05) is 0 Å². The van der Waals surface area contributed by atoms with Crippen molar-refractivity contribution < 1.29 is 27.5 Å². The van der Waals surface area contributed by atoms with Crippen molar-refractivity contribution >= 4 is 5.97 Å². The Morgan fingerprint density at radius 1 is 1.47 bits per heavy atom. The topological polar surface area (TPSA) is 55.1 Å². The first-order valence-corrected chi connectivity index (χ1v) is 5.80. The molecule has 0 spiro atoms. The lowest BCUT2D eigenvalue weighted by Gasteiger charge is -2.11. The maximum absolute atomic E-state index is 13.4. The standard InChI is InChI=1S/C9H8F4N2O2.C2H6/c10-8(11)6-4-1-2-9(12,13)7(4)15(14-6)3-5(16)17;1-2/h8H,1-3H2,(H,16,17);1-2H3. The monoisotopic (exact) mass is 282 g/mol. The van der Waals surface area contributed by atoms with Gasteiger partial charge in [0.15, 0.2) is 0 Å². The summed E-state index contributed by atoms with van der Waals surface area (Å²) in [5.74, 6) is -4.69. The molecule has 8 heteroatoms. The number of aromatic nitrogens is 2.